The van der Waals surface area contributed by atoms with E-state index in [0.29, 0.717) is 17.1 Å². The Balaban J connectivity index is 3.31. The van der Waals surface area contributed by atoms with Crippen LogP contribution in [0.4, 0.5) is 0 Å². The predicted molar refractivity (Wildman–Crippen MR) is 57.0 cm³/mol. The molecule has 0 atom stereocenters. The number of halogens is 1. The molecule has 0 spiro atoms. The van der Waals surface area contributed by atoms with Gasteiger partial charge in [-0.05, 0) is 28.7 Å². The van der Waals surface area contributed by atoms with E-state index in [4.69, 9.17) is 14.7 Å². The third-order valence-electron chi connectivity index (χ3n) is 1.58. The van der Waals surface area contributed by atoms with Crippen molar-refractivity contribution >= 4 is 22.6 Å². The number of hydrogen-bond donors (Lipinski definition) is 0. The minimum absolute atomic E-state index is 0.492. The monoisotopic (exact) mass is 289 g/mol. The summed E-state index contributed by atoms with van der Waals surface area (Å²) in [5.74, 6) is 1.27. The van der Waals surface area contributed by atoms with Crippen LogP contribution in [-0.4, -0.2) is 14.2 Å². The highest BCUT2D eigenvalue weighted by Gasteiger charge is 2.09. The molecule has 4 heteroatoms. The van der Waals surface area contributed by atoms with Crippen LogP contribution in [-0.2, 0) is 0 Å². The number of rotatable bonds is 2. The second-order valence-electron chi connectivity index (χ2n) is 2.30. The van der Waals surface area contributed by atoms with Crippen molar-refractivity contribution in [2.75, 3.05) is 14.2 Å². The molecule has 13 heavy (non-hydrogen) atoms. The summed E-state index contributed by atoms with van der Waals surface area (Å²) in [5.41, 5.74) is 0.492. The van der Waals surface area contributed by atoms with Crippen LogP contribution in [0.15, 0.2) is 12.1 Å². The number of methoxy groups -OCH3 is 2. The van der Waals surface area contributed by atoms with Crippen LogP contribution in [0.5, 0.6) is 11.5 Å². The summed E-state index contributed by atoms with van der Waals surface area (Å²) in [4.78, 5) is 0. The van der Waals surface area contributed by atoms with E-state index in [-0.39, 0.29) is 0 Å². The lowest BCUT2D eigenvalue weighted by Crippen LogP contribution is -1.93. The molecule has 1 aromatic rings. The van der Waals surface area contributed by atoms with Crippen molar-refractivity contribution in [3.63, 3.8) is 0 Å². The summed E-state index contributed by atoms with van der Waals surface area (Å²) >= 11 is 2.10. The highest BCUT2D eigenvalue weighted by molar-refractivity contribution is 14.1. The van der Waals surface area contributed by atoms with Gasteiger partial charge in [0, 0.05) is 6.07 Å². The Bertz CT molecular complexity index is 357. The molecule has 1 aromatic carbocycles. The molecule has 0 N–H and O–H groups in total. The van der Waals surface area contributed by atoms with Gasteiger partial charge in [-0.15, -0.1) is 0 Å². The largest absolute Gasteiger partial charge is 0.497 e. The number of benzene rings is 1. The normalized spacial score (nSPS) is 9.08. The predicted octanol–water partition coefficient (Wildman–Crippen LogP) is 2.18. The maximum absolute atomic E-state index is 8.81. The lowest BCUT2D eigenvalue weighted by atomic mass is 10.2. The van der Waals surface area contributed by atoms with Crippen molar-refractivity contribution in [3.05, 3.63) is 21.3 Å². The zero-order valence-corrected chi connectivity index (χ0v) is 9.45. The molecule has 0 amide bonds. The van der Waals surface area contributed by atoms with Gasteiger partial charge in [0.2, 0.25) is 0 Å². The maximum Gasteiger partial charge on any atom is 0.150 e. The van der Waals surface area contributed by atoms with Crippen molar-refractivity contribution in [1.82, 2.24) is 0 Å². The fourth-order valence-corrected chi connectivity index (χ4v) is 1.79. The van der Waals surface area contributed by atoms with Gasteiger partial charge in [0.1, 0.15) is 17.6 Å². The molecule has 0 aliphatic rings. The first-order chi connectivity index (χ1) is 6.22. The van der Waals surface area contributed by atoms with Crippen molar-refractivity contribution in [3.8, 4) is 17.6 Å². The van der Waals surface area contributed by atoms with E-state index in [1.165, 1.54) is 0 Å². The Morgan fingerprint density at radius 3 is 2.46 bits per heavy atom. The van der Waals surface area contributed by atoms with E-state index >= 15 is 0 Å². The van der Waals surface area contributed by atoms with Gasteiger partial charge >= 0.3 is 0 Å². The molecule has 0 heterocycles. The summed E-state index contributed by atoms with van der Waals surface area (Å²) < 4.78 is 11.0. The number of nitriles is 1. The molecule has 0 aliphatic heterocycles. The Hall–Kier alpha value is -0.960. The number of nitrogens with zero attached hydrogens (tertiary/aromatic N) is 1. The van der Waals surface area contributed by atoms with Crippen LogP contribution in [0.25, 0.3) is 0 Å². The van der Waals surface area contributed by atoms with E-state index in [1.54, 1.807) is 20.3 Å². The minimum atomic E-state index is 0.492. The first-order valence-electron chi connectivity index (χ1n) is 3.54. The van der Waals surface area contributed by atoms with Crippen LogP contribution >= 0.6 is 22.6 Å². The van der Waals surface area contributed by atoms with Gasteiger partial charge in [-0.3, -0.25) is 0 Å². The van der Waals surface area contributed by atoms with Crippen molar-refractivity contribution in [1.29, 1.82) is 5.26 Å². The quantitative estimate of drug-likeness (QED) is 0.784. The Kier molecular flexibility index (Phi) is 3.37. The van der Waals surface area contributed by atoms with Gasteiger partial charge < -0.3 is 9.47 Å². The molecule has 0 saturated carbocycles. The minimum Gasteiger partial charge on any atom is -0.497 e. The number of hydrogen-bond acceptors (Lipinski definition) is 3. The first-order valence-corrected chi connectivity index (χ1v) is 4.62. The van der Waals surface area contributed by atoms with Crippen LogP contribution in [0.3, 0.4) is 0 Å². The topological polar surface area (TPSA) is 42.2 Å². The van der Waals surface area contributed by atoms with Crippen LogP contribution in [0.1, 0.15) is 5.56 Å². The first kappa shape index (κ1) is 10.1. The van der Waals surface area contributed by atoms with Gasteiger partial charge in [-0.25, -0.2) is 0 Å². The number of ether oxygens (including phenoxy) is 2. The third kappa shape index (κ3) is 2.04. The lowest BCUT2D eigenvalue weighted by Gasteiger charge is -2.07. The maximum atomic E-state index is 8.81. The Morgan fingerprint density at radius 1 is 1.31 bits per heavy atom. The highest BCUT2D eigenvalue weighted by Crippen LogP contribution is 2.29. The van der Waals surface area contributed by atoms with Gasteiger partial charge in [0.15, 0.2) is 0 Å². The smallest absolute Gasteiger partial charge is 0.150 e. The summed E-state index contributed by atoms with van der Waals surface area (Å²) in [5, 5.41) is 8.81. The molecule has 0 aliphatic carbocycles. The average Bonchev–Trinajstić information content (AvgIpc) is 2.16. The average molecular weight is 289 g/mol. The molecule has 0 saturated heterocycles. The molecule has 0 fully saturated rings. The van der Waals surface area contributed by atoms with Crippen LogP contribution in [0.2, 0.25) is 0 Å². The van der Waals surface area contributed by atoms with Gasteiger partial charge in [0.25, 0.3) is 0 Å². The van der Waals surface area contributed by atoms with Crippen LogP contribution < -0.4 is 9.47 Å². The van der Waals surface area contributed by atoms with Gasteiger partial charge in [-0.2, -0.15) is 5.26 Å². The fourth-order valence-electron chi connectivity index (χ4n) is 0.977. The van der Waals surface area contributed by atoms with Crippen molar-refractivity contribution in [2.24, 2.45) is 0 Å². The Labute approximate surface area is 90.4 Å². The summed E-state index contributed by atoms with van der Waals surface area (Å²) in [7, 11) is 3.11. The van der Waals surface area contributed by atoms with Crippen LogP contribution in [0, 0.1) is 14.9 Å². The molecule has 0 unspecified atom stereocenters. The molecule has 3 nitrogen and oxygen atoms in total. The van der Waals surface area contributed by atoms with E-state index < -0.39 is 0 Å². The van der Waals surface area contributed by atoms with E-state index in [2.05, 4.69) is 28.7 Å². The summed E-state index contributed by atoms with van der Waals surface area (Å²) in [6, 6.07) is 5.53. The zero-order chi connectivity index (χ0) is 9.84. The summed E-state index contributed by atoms with van der Waals surface area (Å²) in [6.45, 7) is 0. The molecular formula is C9H8INO2. The van der Waals surface area contributed by atoms with Crippen molar-refractivity contribution < 1.29 is 9.47 Å². The fraction of sp³-hybridized carbons (Fsp3) is 0.222. The van der Waals surface area contributed by atoms with Gasteiger partial charge in [-0.1, -0.05) is 0 Å². The third-order valence-corrected chi connectivity index (χ3v) is 2.38. The molecule has 0 bridgehead atoms. The second kappa shape index (κ2) is 4.33. The SMILES string of the molecule is COc1cc(I)c(OC)c(C#N)c1. The highest BCUT2D eigenvalue weighted by atomic mass is 127. The molecule has 0 radical (unpaired) electrons. The zero-order valence-electron chi connectivity index (χ0n) is 7.30. The summed E-state index contributed by atoms with van der Waals surface area (Å²) in [6.07, 6.45) is 0. The molecular weight excluding hydrogens is 281 g/mol. The standard InChI is InChI=1S/C9H8INO2/c1-12-7-3-6(5-11)9(13-2)8(10)4-7/h3-4H,1-2H3. The van der Waals surface area contributed by atoms with E-state index in [1.807, 2.05) is 6.07 Å². The second-order valence-corrected chi connectivity index (χ2v) is 3.46. The lowest BCUT2D eigenvalue weighted by molar-refractivity contribution is 0.399. The molecule has 68 valence electrons. The Morgan fingerprint density at radius 2 is 2.00 bits per heavy atom. The molecule has 0 aromatic heterocycles. The van der Waals surface area contributed by atoms with E-state index in [9.17, 15) is 0 Å². The van der Waals surface area contributed by atoms with Gasteiger partial charge in [0.05, 0.1) is 23.4 Å². The van der Waals surface area contributed by atoms with Crippen molar-refractivity contribution in [2.45, 2.75) is 0 Å². The van der Waals surface area contributed by atoms with E-state index in [0.717, 1.165) is 3.57 Å². The molecule has 1 rings (SSSR count).